The number of carbonyl (C=O) groups excluding carboxylic acids is 9. The first kappa shape index (κ1) is 89.8. The predicted octanol–water partition coefficient (Wildman–Crippen LogP) is -8.68. The second kappa shape index (κ2) is 50.0. The molecule has 4 heterocycles. The summed E-state index contributed by atoms with van der Waals surface area (Å²) in [5, 5.41) is 134. The van der Waals surface area contributed by atoms with Crippen LogP contribution in [-0.4, -0.2) is 344 Å². The quantitative estimate of drug-likeness (QED) is 0.0252. The number of nitrogens with one attached hydrogen (secondary N) is 9. The van der Waals surface area contributed by atoms with Gasteiger partial charge in [0.1, 0.15) is 91.2 Å². The summed E-state index contributed by atoms with van der Waals surface area (Å²) >= 11 is 0. The van der Waals surface area contributed by atoms with Crippen molar-refractivity contribution in [3.8, 4) is 0 Å². The Morgan fingerprint density at radius 1 is 0.379 bits per heavy atom. The molecule has 4 rings (SSSR count). The van der Waals surface area contributed by atoms with Gasteiger partial charge in [0, 0.05) is 79.1 Å². The molecule has 20 atom stereocenters. The summed E-state index contributed by atoms with van der Waals surface area (Å²) < 4.78 is 55.9. The van der Waals surface area contributed by atoms with Crippen LogP contribution in [0.2, 0.25) is 0 Å². The van der Waals surface area contributed by atoms with Gasteiger partial charge in [-0.05, 0) is 25.7 Å². The van der Waals surface area contributed by atoms with E-state index in [1.54, 1.807) is 0 Å². The van der Waals surface area contributed by atoms with Gasteiger partial charge in [0.25, 0.3) is 0 Å². The van der Waals surface area contributed by atoms with Crippen molar-refractivity contribution < 1.29 is 147 Å². The van der Waals surface area contributed by atoms with Crippen LogP contribution in [0.4, 0.5) is 0 Å². The molecule has 16 unspecified atom stereocenters. The average Bonchev–Trinajstić information content (AvgIpc) is 1.27. The van der Waals surface area contributed by atoms with E-state index in [0.29, 0.717) is 32.1 Å². The summed E-state index contributed by atoms with van der Waals surface area (Å²) in [6.45, 7) is 0.340. The maximum Gasteiger partial charge on any atom is 0.242 e. The van der Waals surface area contributed by atoms with E-state index in [4.69, 9.17) is 47.4 Å². The second-order valence-electron chi connectivity index (χ2n) is 25.4. The van der Waals surface area contributed by atoms with Crippen LogP contribution in [0.25, 0.3) is 0 Å². The molecule has 4 aliphatic rings. The monoisotopic (exact) mass is 1490 g/mol. The molecule has 0 aromatic heterocycles. The molecule has 0 aromatic rings. The second-order valence-corrected chi connectivity index (χ2v) is 25.4. The van der Waals surface area contributed by atoms with E-state index in [0.717, 1.165) is 32.1 Å². The lowest BCUT2D eigenvalue weighted by Crippen LogP contribution is -2.64. The molecule has 0 saturated carbocycles. The Bertz CT molecular complexity index is 2520. The zero-order chi connectivity index (χ0) is 75.8. The van der Waals surface area contributed by atoms with Gasteiger partial charge in [-0.15, -0.1) is 0 Å². The third-order valence-corrected chi connectivity index (χ3v) is 17.1. The van der Waals surface area contributed by atoms with Crippen LogP contribution in [0.15, 0.2) is 0 Å². The van der Waals surface area contributed by atoms with Gasteiger partial charge in [0.2, 0.25) is 53.2 Å². The minimum atomic E-state index is -1.55. The van der Waals surface area contributed by atoms with Gasteiger partial charge in [-0.3, -0.25) is 43.2 Å². The highest BCUT2D eigenvalue weighted by molar-refractivity contribution is 5.90. The maximum absolute atomic E-state index is 13.8. The molecule has 9 amide bonds. The first-order valence-electron chi connectivity index (χ1n) is 35.2. The van der Waals surface area contributed by atoms with E-state index in [-0.39, 0.29) is 130 Å². The molecule has 39 nitrogen and oxygen atoms in total. The van der Waals surface area contributed by atoms with Crippen molar-refractivity contribution in [3.05, 3.63) is 0 Å². The van der Waals surface area contributed by atoms with Crippen molar-refractivity contribution in [2.24, 2.45) is 0 Å². The van der Waals surface area contributed by atoms with Gasteiger partial charge in [-0.2, -0.15) is 0 Å². The number of amides is 9. The highest BCUT2D eigenvalue weighted by atomic mass is 16.7. The van der Waals surface area contributed by atoms with Crippen molar-refractivity contribution in [2.45, 2.75) is 239 Å². The Labute approximate surface area is 597 Å². The number of hydrogen-bond acceptors (Lipinski definition) is 30. The van der Waals surface area contributed by atoms with Gasteiger partial charge in [-0.25, -0.2) is 0 Å². The number of aliphatic hydroxyl groups is 11. The fourth-order valence-corrected chi connectivity index (χ4v) is 11.6. The molecule has 0 radical (unpaired) electrons. The predicted molar refractivity (Wildman–Crippen MR) is 353 cm³/mol. The number of hydrogen-bond donors (Lipinski definition) is 20. The summed E-state index contributed by atoms with van der Waals surface area (Å²) in [6, 6.07) is -6.17. The average molecular weight is 1490 g/mol. The molecule has 103 heavy (non-hydrogen) atoms. The fourth-order valence-electron chi connectivity index (χ4n) is 11.6. The van der Waals surface area contributed by atoms with Gasteiger partial charge in [0.05, 0.1) is 98.1 Å². The number of rotatable bonds is 51. The van der Waals surface area contributed by atoms with Crippen molar-refractivity contribution in [1.29, 1.82) is 0 Å². The third kappa shape index (κ3) is 33.4. The Kier molecular flexibility index (Phi) is 43.6. The molecule has 4 fully saturated rings. The third-order valence-electron chi connectivity index (χ3n) is 17.1. The standard InChI is InChI=1S/C64H113N9O30/c1-36(78)69-51-57(89)54(86)44(33-75)101-62(51)97-27-24-94-21-18-65-48(83)16-14-40(60(92)66-19-22-95-25-28-98-63-52(70-37(2)79)58(90)55(87)45(34-76)102-63)73-50(85)17-15-41(61(93)67-20-23-96-26-29-99-64-53(71-38(3)80)59(91)56(88)46(35-77)103-64)72-49(84)13-11-9-7-5-4-6-8-10-12-47(82)68-31-39-30-42(81)43(32-74)100-39/h39-46,51-59,62-64,74-77,81,86-91H,4-35H2,1-3H3,(H,65,83)(H,66,92)(H,67,93)(H,68,82)(H,69,78)(H,70,79)(H,71,80)(H,72,84)(H,73,85)/t39-,40?,41?,42-,43+,44?,45?,46?,51?,52-,53?,54?,55?,56?,57?,58?,59?,62?,63?,64?/m0/s1. The van der Waals surface area contributed by atoms with E-state index in [1.807, 2.05) is 0 Å². The molecule has 20 N–H and O–H groups in total. The Balaban J connectivity index is 1.32. The first-order valence-corrected chi connectivity index (χ1v) is 35.2. The Morgan fingerprint density at radius 3 is 1.07 bits per heavy atom. The van der Waals surface area contributed by atoms with Crippen LogP contribution < -0.4 is 47.9 Å². The van der Waals surface area contributed by atoms with Crippen LogP contribution in [0, 0.1) is 0 Å². The van der Waals surface area contributed by atoms with Crippen molar-refractivity contribution in [3.63, 3.8) is 0 Å². The van der Waals surface area contributed by atoms with Crippen molar-refractivity contribution in [2.75, 3.05) is 112 Å². The first-order chi connectivity index (χ1) is 49.3. The number of unbranched alkanes of at least 4 members (excludes halogenated alkanes) is 7. The van der Waals surface area contributed by atoms with Crippen LogP contribution in [0.5, 0.6) is 0 Å². The highest BCUT2D eigenvalue weighted by Crippen LogP contribution is 2.26. The topological polar surface area (TPSA) is 577 Å². The molecular formula is C64H113N9O30. The van der Waals surface area contributed by atoms with E-state index < -0.39 is 190 Å². The number of carbonyl (C=O) groups is 9. The van der Waals surface area contributed by atoms with E-state index in [9.17, 15) is 99.3 Å². The number of aliphatic hydroxyl groups excluding tert-OH is 11. The summed E-state index contributed by atoms with van der Waals surface area (Å²) in [5.74, 6) is -4.96. The van der Waals surface area contributed by atoms with E-state index in [1.165, 1.54) is 20.8 Å². The van der Waals surface area contributed by atoms with Crippen LogP contribution in [0.3, 0.4) is 0 Å². The van der Waals surface area contributed by atoms with Gasteiger partial charge in [-0.1, -0.05) is 38.5 Å². The largest absolute Gasteiger partial charge is 0.394 e. The summed E-state index contributed by atoms with van der Waals surface area (Å²) in [5.41, 5.74) is 0. The molecule has 4 aliphatic heterocycles. The molecule has 4 saturated heterocycles. The zero-order valence-corrected chi connectivity index (χ0v) is 58.9. The number of ether oxygens (including phenoxy) is 10. The Morgan fingerprint density at radius 2 is 0.709 bits per heavy atom. The minimum absolute atomic E-state index is 0.0242. The van der Waals surface area contributed by atoms with Gasteiger partial charge < -0.3 is 151 Å². The van der Waals surface area contributed by atoms with Crippen LogP contribution in [-0.2, 0) is 90.5 Å². The lowest BCUT2D eigenvalue weighted by atomic mass is 9.97. The van der Waals surface area contributed by atoms with Gasteiger partial charge in [0.15, 0.2) is 18.9 Å². The molecular weight excluding hydrogens is 1370 g/mol. The zero-order valence-electron chi connectivity index (χ0n) is 58.9. The fraction of sp³-hybridized carbons (Fsp3) is 0.859. The molecule has 0 aromatic carbocycles. The normalized spacial score (nSPS) is 28.3. The van der Waals surface area contributed by atoms with Crippen molar-refractivity contribution in [1.82, 2.24) is 47.9 Å². The van der Waals surface area contributed by atoms with Crippen LogP contribution in [0.1, 0.15) is 117 Å². The molecule has 39 heteroatoms. The lowest BCUT2D eigenvalue weighted by molar-refractivity contribution is -0.272. The highest BCUT2D eigenvalue weighted by Gasteiger charge is 2.48. The van der Waals surface area contributed by atoms with Gasteiger partial charge >= 0.3 is 0 Å². The minimum Gasteiger partial charge on any atom is -0.394 e. The molecule has 0 bridgehead atoms. The molecule has 594 valence electrons. The van der Waals surface area contributed by atoms with E-state index >= 15 is 0 Å². The summed E-state index contributed by atoms with van der Waals surface area (Å²) in [7, 11) is 0. The summed E-state index contributed by atoms with van der Waals surface area (Å²) in [6.07, 6.45) is -12.7. The SMILES string of the molecule is CC(=O)NC1C(OCCOCCNC(=O)CCC(NC(=O)CCC(NC(=O)CCCCCCCCCCC(=O)NC[C@@H]2C[C@H](O)[C@@H](CO)O2)C(=O)NCCOCCOC2OC(CO)C(O)C(O)C2NC(C)=O)C(=O)NCCOCCOC2OC(CO)C(O)C(O)[C@@H]2NC(C)=O)OC(CO)C(O)C1O. The lowest BCUT2D eigenvalue weighted by Gasteiger charge is -2.42. The Hall–Kier alpha value is -5.61. The van der Waals surface area contributed by atoms with Crippen LogP contribution >= 0.6 is 0 Å². The molecule has 0 aliphatic carbocycles. The van der Waals surface area contributed by atoms with E-state index in [2.05, 4.69) is 47.9 Å². The maximum atomic E-state index is 13.8. The smallest absolute Gasteiger partial charge is 0.242 e. The summed E-state index contributed by atoms with van der Waals surface area (Å²) in [4.78, 5) is 116. The van der Waals surface area contributed by atoms with Crippen molar-refractivity contribution >= 4 is 53.2 Å². The molecule has 0 spiro atoms.